The van der Waals surface area contributed by atoms with E-state index < -0.39 is 23.1 Å². The lowest BCUT2D eigenvalue weighted by atomic mass is 10.0. The largest absolute Gasteiger partial charge is 0.487 e. The third-order valence-corrected chi connectivity index (χ3v) is 8.72. The number of para-hydroxylation sites is 1. The molecule has 0 unspecified atom stereocenters. The molecular formula is C36H29F2N3O3. The maximum atomic E-state index is 15.5. The predicted molar refractivity (Wildman–Crippen MR) is 164 cm³/mol. The van der Waals surface area contributed by atoms with E-state index in [1.54, 1.807) is 24.3 Å². The number of pyridine rings is 1. The van der Waals surface area contributed by atoms with Gasteiger partial charge in [-0.2, -0.15) is 0 Å². The van der Waals surface area contributed by atoms with Gasteiger partial charge in [0.05, 0.1) is 34.7 Å². The number of nitrogens with zero attached hydrogens (tertiary/aromatic N) is 3. The van der Waals surface area contributed by atoms with Crippen LogP contribution in [0, 0.1) is 23.0 Å². The number of carboxylic acids is 1. The van der Waals surface area contributed by atoms with Crippen LogP contribution >= 0.6 is 0 Å². The summed E-state index contributed by atoms with van der Waals surface area (Å²) in [6.45, 7) is 4.28. The van der Waals surface area contributed by atoms with E-state index in [2.05, 4.69) is 4.98 Å². The highest BCUT2D eigenvalue weighted by Gasteiger charge is 2.64. The predicted octanol–water partition coefficient (Wildman–Crippen LogP) is 7.98. The molecule has 1 aliphatic rings. The maximum Gasteiger partial charge on any atom is 0.307 e. The first kappa shape index (κ1) is 27.7. The molecule has 0 spiro atoms. The van der Waals surface area contributed by atoms with Crippen molar-refractivity contribution in [3.63, 3.8) is 0 Å². The average molecular weight is 590 g/mol. The highest BCUT2D eigenvalue weighted by Crippen LogP contribution is 2.64. The van der Waals surface area contributed by atoms with Gasteiger partial charge in [0.25, 0.3) is 0 Å². The molecule has 0 amide bonds. The molecule has 2 aromatic heterocycles. The number of aliphatic carboxylic acids is 1. The summed E-state index contributed by atoms with van der Waals surface area (Å²) < 4.78 is 36.9. The van der Waals surface area contributed by atoms with E-state index in [-0.39, 0.29) is 24.9 Å². The van der Waals surface area contributed by atoms with E-state index in [1.165, 1.54) is 18.2 Å². The van der Waals surface area contributed by atoms with E-state index in [4.69, 9.17) is 9.72 Å². The van der Waals surface area contributed by atoms with Gasteiger partial charge in [-0.25, -0.2) is 18.7 Å². The van der Waals surface area contributed by atoms with Crippen molar-refractivity contribution in [2.45, 2.75) is 32.9 Å². The maximum absolute atomic E-state index is 15.5. The molecule has 1 fully saturated rings. The summed E-state index contributed by atoms with van der Waals surface area (Å²) in [6.07, 6.45) is 0. The van der Waals surface area contributed by atoms with E-state index >= 15 is 4.39 Å². The molecule has 2 heterocycles. The Labute approximate surface area is 252 Å². The fourth-order valence-electron chi connectivity index (χ4n) is 6.22. The van der Waals surface area contributed by atoms with E-state index in [0.717, 1.165) is 22.1 Å². The monoisotopic (exact) mass is 589 g/mol. The Morgan fingerprint density at radius 2 is 1.66 bits per heavy atom. The lowest BCUT2D eigenvalue weighted by Crippen LogP contribution is -2.08. The van der Waals surface area contributed by atoms with Crippen molar-refractivity contribution in [1.82, 2.24) is 14.5 Å². The highest BCUT2D eigenvalue weighted by atomic mass is 19.1. The number of imidazole rings is 1. The third kappa shape index (κ3) is 4.96. The van der Waals surface area contributed by atoms with Gasteiger partial charge in [-0.15, -0.1) is 0 Å². The third-order valence-electron chi connectivity index (χ3n) is 8.72. The minimum absolute atomic E-state index is 0.168. The van der Waals surface area contributed by atoms with Crippen LogP contribution in [-0.2, 0) is 17.9 Å². The molecule has 1 aliphatic carbocycles. The van der Waals surface area contributed by atoms with E-state index in [0.29, 0.717) is 33.8 Å². The van der Waals surface area contributed by atoms with Gasteiger partial charge in [0.1, 0.15) is 29.8 Å². The Hall–Kier alpha value is -5.11. The molecule has 7 rings (SSSR count). The Morgan fingerprint density at radius 3 is 2.41 bits per heavy atom. The summed E-state index contributed by atoms with van der Waals surface area (Å²) in [6, 6.07) is 28.3. The summed E-state index contributed by atoms with van der Waals surface area (Å²) in [5.74, 6) is -1.37. The second-order valence-electron chi connectivity index (χ2n) is 11.9. The molecule has 220 valence electrons. The van der Waals surface area contributed by atoms with Crippen LogP contribution in [0.15, 0.2) is 97.1 Å². The van der Waals surface area contributed by atoms with Crippen molar-refractivity contribution < 1.29 is 23.4 Å². The van der Waals surface area contributed by atoms with Gasteiger partial charge >= 0.3 is 5.97 Å². The van der Waals surface area contributed by atoms with Crippen LogP contribution in [0.1, 0.15) is 36.8 Å². The van der Waals surface area contributed by atoms with Crippen LogP contribution in [0.25, 0.3) is 33.1 Å². The number of halogens is 2. The highest BCUT2D eigenvalue weighted by molar-refractivity contribution is 5.81. The summed E-state index contributed by atoms with van der Waals surface area (Å²) >= 11 is 0. The Bertz CT molecular complexity index is 2050. The zero-order valence-electron chi connectivity index (χ0n) is 24.2. The number of hydrogen-bond acceptors (Lipinski definition) is 4. The number of benzene rings is 4. The van der Waals surface area contributed by atoms with Crippen molar-refractivity contribution in [1.29, 1.82) is 0 Å². The van der Waals surface area contributed by atoms with E-state index in [9.17, 15) is 14.3 Å². The first-order chi connectivity index (χ1) is 21.2. The van der Waals surface area contributed by atoms with Gasteiger partial charge in [-0.3, -0.25) is 4.79 Å². The average Bonchev–Trinajstić information content (AvgIpc) is 3.43. The quantitative estimate of drug-likeness (QED) is 0.195. The smallest absolute Gasteiger partial charge is 0.307 e. The molecule has 1 saturated carbocycles. The topological polar surface area (TPSA) is 77.2 Å². The number of carboxylic acid groups (broad SMARTS) is 1. The summed E-state index contributed by atoms with van der Waals surface area (Å²) in [5.41, 5.74) is 4.36. The zero-order chi connectivity index (χ0) is 30.6. The number of aromatic nitrogens is 3. The summed E-state index contributed by atoms with van der Waals surface area (Å²) in [4.78, 5) is 21.7. The lowest BCUT2D eigenvalue weighted by molar-refractivity contribution is -0.139. The fourth-order valence-corrected chi connectivity index (χ4v) is 6.22. The summed E-state index contributed by atoms with van der Waals surface area (Å²) in [7, 11) is 0. The van der Waals surface area contributed by atoms with Crippen molar-refractivity contribution >= 4 is 27.9 Å². The minimum atomic E-state index is -0.875. The van der Waals surface area contributed by atoms with Crippen LogP contribution in [0.5, 0.6) is 5.75 Å². The molecule has 4 aromatic carbocycles. The van der Waals surface area contributed by atoms with Gasteiger partial charge < -0.3 is 14.4 Å². The second-order valence-corrected chi connectivity index (χ2v) is 11.9. The SMILES string of the molecule is CC1(C)[C@H](c2nc3cc(OCc4ccc5ccccc5n4)ccc3n2Cc2ccc(-c3ccc(F)cc3)cc2F)[C@@H]1C(=O)O. The number of fused-ring (bicyclic) bond motifs is 2. The first-order valence-electron chi connectivity index (χ1n) is 14.4. The number of ether oxygens (including phenoxy) is 1. The van der Waals surface area contributed by atoms with Crippen LogP contribution in [0.3, 0.4) is 0 Å². The van der Waals surface area contributed by atoms with Gasteiger partial charge in [0.15, 0.2) is 0 Å². The van der Waals surface area contributed by atoms with Crippen LogP contribution in [-0.4, -0.2) is 25.6 Å². The standard InChI is InChI=1S/C36H29F2N3O3/c1-36(2)32(33(36)35(42)43)34-40-30-18-27(44-20-26-14-11-22-5-3-4-6-29(22)39-26)15-16-31(30)41(34)19-24-8-7-23(17-28(24)38)21-9-12-25(37)13-10-21/h3-18,32-33H,19-20H2,1-2H3,(H,42,43)/t32-,33+/m0/s1. The second kappa shape index (κ2) is 10.6. The molecule has 1 N–H and O–H groups in total. The zero-order valence-corrected chi connectivity index (χ0v) is 24.2. The van der Waals surface area contributed by atoms with Crippen LogP contribution < -0.4 is 4.74 Å². The van der Waals surface area contributed by atoms with Gasteiger partial charge in [-0.05, 0) is 59.0 Å². The number of hydrogen-bond donors (Lipinski definition) is 1. The molecule has 0 radical (unpaired) electrons. The van der Waals surface area contributed by atoms with Gasteiger partial charge in [0.2, 0.25) is 0 Å². The van der Waals surface area contributed by atoms with Gasteiger partial charge in [0, 0.05) is 22.9 Å². The number of rotatable bonds is 8. The molecule has 6 aromatic rings. The normalized spacial score (nSPS) is 17.2. The van der Waals surface area contributed by atoms with Crippen molar-refractivity contribution in [2.75, 3.05) is 0 Å². The Balaban J connectivity index is 1.21. The molecule has 0 saturated heterocycles. The van der Waals surface area contributed by atoms with Crippen molar-refractivity contribution in [2.24, 2.45) is 11.3 Å². The van der Waals surface area contributed by atoms with E-state index in [1.807, 2.05) is 73.0 Å². The molecule has 6 nitrogen and oxygen atoms in total. The Kier molecular flexibility index (Phi) is 6.65. The Morgan fingerprint density at radius 1 is 0.886 bits per heavy atom. The number of carbonyl (C=O) groups is 1. The van der Waals surface area contributed by atoms with Crippen LogP contribution in [0.2, 0.25) is 0 Å². The van der Waals surface area contributed by atoms with Crippen molar-refractivity contribution in [3.8, 4) is 16.9 Å². The molecule has 8 heteroatoms. The summed E-state index contributed by atoms with van der Waals surface area (Å²) in [5, 5.41) is 11.0. The molecular weight excluding hydrogens is 560 g/mol. The van der Waals surface area contributed by atoms with Crippen molar-refractivity contribution in [3.05, 3.63) is 126 Å². The fraction of sp³-hybridized carbons (Fsp3) is 0.194. The van der Waals surface area contributed by atoms with Crippen LogP contribution in [0.4, 0.5) is 8.78 Å². The molecule has 44 heavy (non-hydrogen) atoms. The molecule has 0 bridgehead atoms. The first-order valence-corrected chi connectivity index (χ1v) is 14.4. The van der Waals surface area contributed by atoms with Gasteiger partial charge in [-0.1, -0.05) is 62.4 Å². The molecule has 2 atom stereocenters. The minimum Gasteiger partial charge on any atom is -0.487 e. The lowest BCUT2D eigenvalue weighted by Gasteiger charge is -2.13. The molecule has 0 aliphatic heterocycles.